The van der Waals surface area contributed by atoms with Crippen LogP contribution in [0.25, 0.3) is 0 Å². The Labute approximate surface area is 178 Å². The van der Waals surface area contributed by atoms with E-state index >= 15 is 0 Å². The molecule has 10 nitrogen and oxygen atoms in total. The highest BCUT2D eigenvalue weighted by atomic mass is 19.1. The summed E-state index contributed by atoms with van der Waals surface area (Å²) in [5, 5.41) is 37.1. The van der Waals surface area contributed by atoms with Crippen molar-refractivity contribution < 1.29 is 29.4 Å². The lowest BCUT2D eigenvalue weighted by Gasteiger charge is -2.24. The summed E-state index contributed by atoms with van der Waals surface area (Å²) < 4.78 is 12.7. The second kappa shape index (κ2) is 10.5. The lowest BCUT2D eigenvalue weighted by atomic mass is 10.1. The Morgan fingerprint density at radius 3 is 2.52 bits per heavy atom. The lowest BCUT2D eigenvalue weighted by Crippen LogP contribution is -2.38. The number of amides is 1. The smallest absolute Gasteiger partial charge is 0.407 e. The second-order valence-corrected chi connectivity index (χ2v) is 7.02. The molecule has 1 amide bonds. The average molecular weight is 436 g/mol. The minimum atomic E-state index is -0.911. The number of hydrogen-bond acceptors (Lipinski definition) is 7. The molecule has 1 saturated heterocycles. The monoisotopic (exact) mass is 436 g/mol. The van der Waals surface area contributed by atoms with Gasteiger partial charge in [0, 0.05) is 54.8 Å². The van der Waals surface area contributed by atoms with Crippen molar-refractivity contribution in [1.82, 2.24) is 4.90 Å². The van der Waals surface area contributed by atoms with E-state index in [1.807, 2.05) is 6.07 Å². The highest BCUT2D eigenvalue weighted by Crippen LogP contribution is 2.28. The van der Waals surface area contributed by atoms with Gasteiger partial charge in [0.05, 0.1) is 24.2 Å². The minimum Gasteiger partial charge on any atom is -0.465 e. The lowest BCUT2D eigenvalue weighted by molar-refractivity contribution is -0.385. The average Bonchev–Trinajstić information content (AvgIpc) is 3.23. The maximum Gasteiger partial charge on any atom is 0.407 e. The molecular formula is C20H25FN4O6. The molecule has 3 rings (SSSR count). The van der Waals surface area contributed by atoms with E-state index in [0.29, 0.717) is 12.2 Å². The first kappa shape index (κ1) is 23.8. The molecule has 5 N–H and O–H groups in total. The Kier molecular flexibility index (Phi) is 8.11. The van der Waals surface area contributed by atoms with Crippen LogP contribution in [0, 0.1) is 15.9 Å². The van der Waals surface area contributed by atoms with Crippen LogP contribution in [-0.4, -0.2) is 57.4 Å². The fourth-order valence-corrected chi connectivity index (χ4v) is 3.27. The van der Waals surface area contributed by atoms with E-state index < -0.39 is 23.4 Å². The van der Waals surface area contributed by atoms with Crippen LogP contribution in [-0.2, 0) is 13.2 Å². The molecule has 2 aromatic rings. The molecule has 0 radical (unpaired) electrons. The number of halogens is 1. The van der Waals surface area contributed by atoms with Gasteiger partial charge in [0.15, 0.2) is 0 Å². The number of nitrogens with zero attached hydrogens (tertiary/aromatic N) is 3. The van der Waals surface area contributed by atoms with E-state index in [1.165, 1.54) is 4.90 Å². The van der Waals surface area contributed by atoms with Crippen molar-refractivity contribution in [3.8, 4) is 0 Å². The Morgan fingerprint density at radius 2 is 1.94 bits per heavy atom. The molecule has 1 aliphatic heterocycles. The van der Waals surface area contributed by atoms with Crippen LogP contribution in [0.5, 0.6) is 0 Å². The number of hydrogen-bond donors (Lipinski definition) is 4. The molecule has 0 saturated carbocycles. The third kappa shape index (κ3) is 6.03. The zero-order valence-electron chi connectivity index (χ0n) is 16.9. The van der Waals surface area contributed by atoms with Gasteiger partial charge in [-0.3, -0.25) is 10.1 Å². The molecule has 11 heteroatoms. The van der Waals surface area contributed by atoms with Gasteiger partial charge in [0.25, 0.3) is 5.69 Å². The SMILES string of the molecule is CN(C(=O)O)C1CCN(c2ccc(N)cc2CO)C1.O=[N+]([O-])c1ccc(F)c(CO)c1. The zero-order valence-corrected chi connectivity index (χ0v) is 16.9. The molecule has 0 aromatic heterocycles. The van der Waals surface area contributed by atoms with Crippen LogP contribution >= 0.6 is 0 Å². The highest BCUT2D eigenvalue weighted by molar-refractivity contribution is 5.66. The van der Waals surface area contributed by atoms with E-state index in [9.17, 15) is 24.4 Å². The predicted octanol–water partition coefficient (Wildman–Crippen LogP) is 2.18. The first-order chi connectivity index (χ1) is 14.7. The zero-order chi connectivity index (χ0) is 23.1. The van der Waals surface area contributed by atoms with Crippen LogP contribution in [0.3, 0.4) is 0 Å². The minimum absolute atomic E-state index is 0.0124. The van der Waals surface area contributed by atoms with Crippen molar-refractivity contribution in [2.75, 3.05) is 30.8 Å². The van der Waals surface area contributed by atoms with Gasteiger partial charge in [-0.2, -0.15) is 0 Å². The molecule has 1 heterocycles. The van der Waals surface area contributed by atoms with Gasteiger partial charge >= 0.3 is 6.09 Å². The Bertz CT molecular complexity index is 942. The van der Waals surface area contributed by atoms with Crippen molar-refractivity contribution in [1.29, 1.82) is 0 Å². The summed E-state index contributed by atoms with van der Waals surface area (Å²) in [6.07, 6.45) is -0.121. The van der Waals surface area contributed by atoms with Gasteiger partial charge in [0.2, 0.25) is 0 Å². The molecule has 168 valence electrons. The summed E-state index contributed by atoms with van der Waals surface area (Å²) in [6.45, 7) is 0.808. The first-order valence-corrected chi connectivity index (χ1v) is 9.41. The van der Waals surface area contributed by atoms with Crippen LogP contribution in [0.2, 0.25) is 0 Å². The number of carboxylic acid groups (broad SMARTS) is 1. The van der Waals surface area contributed by atoms with E-state index in [1.54, 1.807) is 19.2 Å². The standard InChI is InChI=1S/C13H19N3O3.C7H6FNO3/c1-15(13(18)19)11-4-5-16(7-11)12-3-2-10(14)6-9(12)8-17;8-7-2-1-6(9(11)12)3-5(7)4-10/h2-3,6,11,17H,4-5,7-8,14H2,1H3,(H,18,19);1-3,10H,4H2. The Hall–Kier alpha value is -3.44. The fraction of sp³-hybridized carbons (Fsp3) is 0.350. The van der Waals surface area contributed by atoms with Gasteiger partial charge in [-0.15, -0.1) is 0 Å². The fourth-order valence-electron chi connectivity index (χ4n) is 3.27. The number of aliphatic hydroxyl groups excluding tert-OH is 2. The largest absolute Gasteiger partial charge is 0.465 e. The van der Waals surface area contributed by atoms with Gasteiger partial charge in [0.1, 0.15) is 5.82 Å². The number of benzene rings is 2. The number of nitrogen functional groups attached to an aromatic ring is 1. The number of nitro benzene ring substituents is 1. The van der Waals surface area contributed by atoms with Crippen molar-refractivity contribution in [3.63, 3.8) is 0 Å². The number of rotatable bonds is 5. The van der Waals surface area contributed by atoms with Crippen LogP contribution < -0.4 is 10.6 Å². The normalized spacial score (nSPS) is 15.2. The molecule has 1 aliphatic rings. The van der Waals surface area contributed by atoms with Crippen LogP contribution in [0.1, 0.15) is 17.5 Å². The number of likely N-dealkylation sites (N-methyl/N-ethyl adjacent to an activating group) is 1. The van der Waals surface area contributed by atoms with Gasteiger partial charge in [-0.25, -0.2) is 9.18 Å². The summed E-state index contributed by atoms with van der Waals surface area (Å²) in [6, 6.07) is 8.44. The first-order valence-electron chi connectivity index (χ1n) is 9.41. The number of carbonyl (C=O) groups is 1. The molecule has 0 bridgehead atoms. The Balaban J connectivity index is 0.000000245. The number of anilines is 2. The van der Waals surface area contributed by atoms with E-state index in [0.717, 1.165) is 42.4 Å². The molecular weight excluding hydrogens is 411 g/mol. The summed E-state index contributed by atoms with van der Waals surface area (Å²) in [4.78, 5) is 23.9. The molecule has 0 spiro atoms. The number of aliphatic hydroxyl groups is 2. The molecule has 2 aromatic carbocycles. The predicted molar refractivity (Wildman–Crippen MR) is 112 cm³/mol. The van der Waals surface area contributed by atoms with Crippen molar-refractivity contribution in [3.05, 3.63) is 63.5 Å². The summed E-state index contributed by atoms with van der Waals surface area (Å²) >= 11 is 0. The molecule has 1 fully saturated rings. The van der Waals surface area contributed by atoms with Crippen molar-refractivity contribution in [2.24, 2.45) is 0 Å². The topological polar surface area (TPSA) is 153 Å². The van der Waals surface area contributed by atoms with Gasteiger partial charge in [-0.1, -0.05) is 0 Å². The van der Waals surface area contributed by atoms with Crippen LogP contribution in [0.4, 0.5) is 26.2 Å². The molecule has 0 aliphatic carbocycles. The summed E-state index contributed by atoms with van der Waals surface area (Å²) in [5.41, 5.74) is 7.74. The van der Waals surface area contributed by atoms with Gasteiger partial charge < -0.3 is 30.9 Å². The Morgan fingerprint density at radius 1 is 1.26 bits per heavy atom. The maximum absolute atomic E-state index is 12.7. The third-order valence-corrected chi connectivity index (χ3v) is 5.04. The van der Waals surface area contributed by atoms with Crippen molar-refractivity contribution >= 4 is 23.2 Å². The van der Waals surface area contributed by atoms with E-state index in [4.69, 9.17) is 15.9 Å². The summed E-state index contributed by atoms with van der Waals surface area (Å²) in [5.74, 6) is -0.636. The van der Waals surface area contributed by atoms with Crippen molar-refractivity contribution in [2.45, 2.75) is 25.7 Å². The molecule has 1 atom stereocenters. The number of nitrogens with two attached hydrogens (primary N) is 1. The van der Waals surface area contributed by atoms with E-state index in [2.05, 4.69) is 4.90 Å². The second-order valence-electron chi connectivity index (χ2n) is 7.02. The van der Waals surface area contributed by atoms with Gasteiger partial charge in [-0.05, 0) is 30.7 Å². The quantitative estimate of drug-likeness (QED) is 0.316. The molecule has 1 unspecified atom stereocenters. The highest BCUT2D eigenvalue weighted by Gasteiger charge is 2.29. The maximum atomic E-state index is 12.7. The number of non-ortho nitro benzene ring substituents is 1. The van der Waals surface area contributed by atoms with E-state index in [-0.39, 0.29) is 23.9 Å². The molecule has 31 heavy (non-hydrogen) atoms. The third-order valence-electron chi connectivity index (χ3n) is 5.04. The number of nitro groups is 1. The van der Waals surface area contributed by atoms with Crippen LogP contribution in [0.15, 0.2) is 36.4 Å². The summed E-state index contributed by atoms with van der Waals surface area (Å²) in [7, 11) is 1.59.